The quantitative estimate of drug-likeness (QED) is 0.883. The van der Waals surface area contributed by atoms with Crippen LogP contribution in [0.1, 0.15) is 18.5 Å². The van der Waals surface area contributed by atoms with Crippen LogP contribution in [0.4, 0.5) is 0 Å². The van der Waals surface area contributed by atoms with Gasteiger partial charge in [0.2, 0.25) is 11.8 Å². The summed E-state index contributed by atoms with van der Waals surface area (Å²) >= 11 is 0. The van der Waals surface area contributed by atoms with Gasteiger partial charge in [0.05, 0.1) is 19.1 Å². The Bertz CT molecular complexity index is 722. The van der Waals surface area contributed by atoms with E-state index >= 15 is 0 Å². The Morgan fingerprint density at radius 1 is 1.00 bits per heavy atom. The molecule has 2 aromatic carbocycles. The molecule has 0 aliphatic heterocycles. The lowest BCUT2D eigenvalue weighted by molar-refractivity contribution is -0.130. The first-order valence-corrected chi connectivity index (χ1v) is 8.04. The fraction of sp³-hybridized carbons (Fsp3) is 0.368. The van der Waals surface area contributed by atoms with Crippen LogP contribution < -0.4 is 5.32 Å². The summed E-state index contributed by atoms with van der Waals surface area (Å²) in [6.45, 7) is 2.39. The van der Waals surface area contributed by atoms with E-state index in [9.17, 15) is 9.59 Å². The van der Waals surface area contributed by atoms with Crippen molar-refractivity contribution in [3.05, 3.63) is 48.0 Å². The van der Waals surface area contributed by atoms with E-state index in [0.717, 1.165) is 16.3 Å². The molecular weight excluding hydrogens is 302 g/mol. The Hall–Kier alpha value is -2.40. The Balaban J connectivity index is 1.99. The number of hydrogen-bond donors (Lipinski definition) is 1. The summed E-state index contributed by atoms with van der Waals surface area (Å²) in [6.07, 6.45) is 0. The molecule has 0 saturated heterocycles. The molecule has 0 aromatic heterocycles. The van der Waals surface area contributed by atoms with Gasteiger partial charge in [-0.1, -0.05) is 42.5 Å². The van der Waals surface area contributed by atoms with Gasteiger partial charge in [0, 0.05) is 14.1 Å². The largest absolute Gasteiger partial charge is 0.348 e. The number of amides is 2. The average molecular weight is 327 g/mol. The van der Waals surface area contributed by atoms with Gasteiger partial charge in [-0.2, -0.15) is 0 Å². The molecule has 24 heavy (non-hydrogen) atoms. The van der Waals surface area contributed by atoms with E-state index in [-0.39, 0.29) is 30.9 Å². The van der Waals surface area contributed by atoms with E-state index in [2.05, 4.69) is 23.5 Å². The number of likely N-dealkylation sites (N-methyl/N-ethyl adjacent to an activating group) is 2. The molecule has 0 bridgehead atoms. The SMILES string of the molecule is CC(NC(=O)CN(C)CC(=O)N(C)C)c1cccc2ccccc12. The molecule has 1 N–H and O–H groups in total. The Morgan fingerprint density at radius 3 is 2.38 bits per heavy atom. The van der Waals surface area contributed by atoms with Crippen molar-refractivity contribution < 1.29 is 9.59 Å². The third-order valence-electron chi connectivity index (χ3n) is 3.98. The Morgan fingerprint density at radius 2 is 1.67 bits per heavy atom. The molecule has 1 unspecified atom stereocenters. The number of nitrogens with zero attached hydrogens (tertiary/aromatic N) is 2. The minimum atomic E-state index is -0.0958. The summed E-state index contributed by atoms with van der Waals surface area (Å²) < 4.78 is 0. The Labute approximate surface area is 143 Å². The van der Waals surface area contributed by atoms with E-state index < -0.39 is 0 Å². The zero-order chi connectivity index (χ0) is 17.7. The zero-order valence-corrected chi connectivity index (χ0v) is 14.7. The van der Waals surface area contributed by atoms with Gasteiger partial charge in [0.15, 0.2) is 0 Å². The molecule has 5 heteroatoms. The van der Waals surface area contributed by atoms with E-state index in [0.29, 0.717) is 0 Å². The molecule has 2 aromatic rings. The average Bonchev–Trinajstić information content (AvgIpc) is 2.53. The molecule has 0 aliphatic carbocycles. The minimum Gasteiger partial charge on any atom is -0.348 e. The van der Waals surface area contributed by atoms with Crippen LogP contribution in [0.3, 0.4) is 0 Å². The summed E-state index contributed by atoms with van der Waals surface area (Å²) in [6, 6.07) is 14.1. The molecule has 0 aliphatic rings. The fourth-order valence-electron chi connectivity index (χ4n) is 2.67. The lowest BCUT2D eigenvalue weighted by Crippen LogP contribution is -2.41. The molecular formula is C19H25N3O2. The third kappa shape index (κ3) is 4.55. The number of nitrogens with one attached hydrogen (secondary N) is 1. The molecule has 0 heterocycles. The van der Waals surface area contributed by atoms with E-state index in [4.69, 9.17) is 0 Å². The summed E-state index contributed by atoms with van der Waals surface area (Å²) in [7, 11) is 5.18. The highest BCUT2D eigenvalue weighted by Crippen LogP contribution is 2.23. The molecule has 1 atom stereocenters. The summed E-state index contributed by atoms with van der Waals surface area (Å²) in [5.74, 6) is -0.114. The predicted octanol–water partition coefficient (Wildman–Crippen LogP) is 2.04. The second kappa shape index (κ2) is 7.93. The number of hydrogen-bond acceptors (Lipinski definition) is 3. The van der Waals surface area contributed by atoms with E-state index in [1.807, 2.05) is 31.2 Å². The van der Waals surface area contributed by atoms with Gasteiger partial charge in [-0.15, -0.1) is 0 Å². The number of rotatable bonds is 6. The van der Waals surface area contributed by atoms with Crippen molar-refractivity contribution in [3.8, 4) is 0 Å². The molecule has 128 valence electrons. The van der Waals surface area contributed by atoms with Crippen molar-refractivity contribution >= 4 is 22.6 Å². The second-order valence-electron chi connectivity index (χ2n) is 6.32. The maximum atomic E-state index is 12.2. The van der Waals surface area contributed by atoms with Gasteiger partial charge in [-0.25, -0.2) is 0 Å². The molecule has 0 spiro atoms. The predicted molar refractivity (Wildman–Crippen MR) is 96.7 cm³/mol. The molecule has 0 fully saturated rings. The summed E-state index contributed by atoms with van der Waals surface area (Å²) in [5, 5.41) is 5.32. The van der Waals surface area contributed by atoms with Crippen molar-refractivity contribution in [2.45, 2.75) is 13.0 Å². The number of benzene rings is 2. The molecule has 0 saturated carbocycles. The number of carbonyl (C=O) groups is 2. The first kappa shape index (κ1) is 17.9. The highest BCUT2D eigenvalue weighted by molar-refractivity contribution is 5.87. The monoisotopic (exact) mass is 327 g/mol. The van der Waals surface area contributed by atoms with Crippen LogP contribution in [-0.4, -0.2) is 55.8 Å². The Kier molecular flexibility index (Phi) is 5.93. The van der Waals surface area contributed by atoms with Crippen LogP contribution in [-0.2, 0) is 9.59 Å². The van der Waals surface area contributed by atoms with E-state index in [1.165, 1.54) is 4.90 Å². The van der Waals surface area contributed by atoms with Gasteiger partial charge in [0.25, 0.3) is 0 Å². The summed E-state index contributed by atoms with van der Waals surface area (Å²) in [5.41, 5.74) is 1.09. The van der Waals surface area contributed by atoms with Crippen LogP contribution in [0.15, 0.2) is 42.5 Å². The van der Waals surface area contributed by atoms with Crippen LogP contribution in [0.25, 0.3) is 10.8 Å². The van der Waals surface area contributed by atoms with Gasteiger partial charge in [-0.3, -0.25) is 14.5 Å². The van der Waals surface area contributed by atoms with Crippen LogP contribution in [0, 0.1) is 0 Å². The number of fused-ring (bicyclic) bond motifs is 1. The van der Waals surface area contributed by atoms with Gasteiger partial charge < -0.3 is 10.2 Å². The maximum Gasteiger partial charge on any atom is 0.236 e. The second-order valence-corrected chi connectivity index (χ2v) is 6.32. The molecule has 5 nitrogen and oxygen atoms in total. The molecule has 0 radical (unpaired) electrons. The van der Waals surface area contributed by atoms with Crippen molar-refractivity contribution in [1.82, 2.24) is 15.1 Å². The first-order valence-electron chi connectivity index (χ1n) is 8.04. The lowest BCUT2D eigenvalue weighted by Gasteiger charge is -2.21. The highest BCUT2D eigenvalue weighted by Gasteiger charge is 2.15. The molecule has 2 amide bonds. The lowest BCUT2D eigenvalue weighted by atomic mass is 10.00. The molecule has 2 rings (SSSR count). The zero-order valence-electron chi connectivity index (χ0n) is 14.7. The van der Waals surface area contributed by atoms with Gasteiger partial charge in [-0.05, 0) is 30.3 Å². The fourth-order valence-corrected chi connectivity index (χ4v) is 2.67. The maximum absolute atomic E-state index is 12.2. The van der Waals surface area contributed by atoms with Crippen molar-refractivity contribution in [3.63, 3.8) is 0 Å². The van der Waals surface area contributed by atoms with Crippen molar-refractivity contribution in [1.29, 1.82) is 0 Å². The smallest absolute Gasteiger partial charge is 0.236 e. The summed E-state index contributed by atoms with van der Waals surface area (Å²) in [4.78, 5) is 27.2. The minimum absolute atomic E-state index is 0.0209. The van der Waals surface area contributed by atoms with Crippen LogP contribution in [0.2, 0.25) is 0 Å². The third-order valence-corrected chi connectivity index (χ3v) is 3.98. The standard InChI is InChI=1S/C19H25N3O2/c1-14(16-11-7-9-15-8-5-6-10-17(15)16)20-18(23)12-22(4)13-19(24)21(2)3/h5-11,14H,12-13H2,1-4H3,(H,20,23). The van der Waals surface area contributed by atoms with Gasteiger partial charge >= 0.3 is 0 Å². The number of carbonyl (C=O) groups excluding carboxylic acids is 2. The van der Waals surface area contributed by atoms with Crippen molar-refractivity contribution in [2.24, 2.45) is 0 Å². The van der Waals surface area contributed by atoms with Gasteiger partial charge in [0.1, 0.15) is 0 Å². The normalized spacial score (nSPS) is 12.2. The highest BCUT2D eigenvalue weighted by atomic mass is 16.2. The van der Waals surface area contributed by atoms with Crippen LogP contribution >= 0.6 is 0 Å². The first-order chi connectivity index (χ1) is 11.4. The topological polar surface area (TPSA) is 52.7 Å². The van der Waals surface area contributed by atoms with E-state index in [1.54, 1.807) is 26.0 Å². The van der Waals surface area contributed by atoms with Crippen LogP contribution in [0.5, 0.6) is 0 Å². The van der Waals surface area contributed by atoms with Crippen molar-refractivity contribution in [2.75, 3.05) is 34.2 Å².